The third kappa shape index (κ3) is 3.78. The van der Waals surface area contributed by atoms with Crippen molar-refractivity contribution in [3.8, 4) is 0 Å². The first-order valence-corrected chi connectivity index (χ1v) is 6.47. The predicted octanol–water partition coefficient (Wildman–Crippen LogP) is 2.82. The number of hydrogen-bond donors (Lipinski definition) is 3. The van der Waals surface area contributed by atoms with Crippen LogP contribution in [0.2, 0.25) is 0 Å². The third-order valence-electron chi connectivity index (χ3n) is 2.94. The molecule has 0 saturated heterocycles. The summed E-state index contributed by atoms with van der Waals surface area (Å²) in [6, 6.07) is 8.80. The lowest BCUT2D eigenvalue weighted by Gasteiger charge is -2.07. The number of rotatable bonds is 4. The number of carbonyl (C=O) groups excluding carboxylic acids is 1. The number of aryl methyl sites for hydroxylation is 1. The van der Waals surface area contributed by atoms with E-state index in [2.05, 4.69) is 15.4 Å². The highest BCUT2D eigenvalue weighted by Crippen LogP contribution is 2.08. The van der Waals surface area contributed by atoms with E-state index >= 15 is 0 Å². The average Bonchev–Trinajstić information content (AvgIpc) is 2.52. The average molecular weight is 299 g/mol. The standard InChI is InChI=1S/C15H14FN5O/c1-9-6-11(14(17)21-18)7-13(20-9)15(22)19-8-10-2-4-12(16)5-3-10/h2-7,17-18H,8H2,1H3,(H,19,22). The molecule has 6 nitrogen and oxygen atoms in total. The minimum Gasteiger partial charge on any atom is -0.347 e. The predicted molar refractivity (Wildman–Crippen MR) is 78.5 cm³/mol. The quantitative estimate of drug-likeness (QED) is 0.459. The number of carbonyl (C=O) groups is 1. The Balaban J connectivity index is 2.12. The maximum atomic E-state index is 12.8. The second-order valence-corrected chi connectivity index (χ2v) is 4.65. The number of hydrogen-bond acceptors (Lipinski definition) is 4. The van der Waals surface area contributed by atoms with E-state index < -0.39 is 5.91 Å². The highest BCUT2D eigenvalue weighted by Gasteiger charge is 2.11. The van der Waals surface area contributed by atoms with E-state index in [1.165, 1.54) is 18.2 Å². The van der Waals surface area contributed by atoms with Crippen molar-refractivity contribution >= 4 is 11.7 Å². The molecule has 0 spiro atoms. The summed E-state index contributed by atoms with van der Waals surface area (Å²) in [4.78, 5) is 16.2. The molecule has 2 rings (SSSR count). The van der Waals surface area contributed by atoms with Crippen molar-refractivity contribution in [1.29, 1.82) is 10.9 Å². The Labute approximate surface area is 126 Å². The highest BCUT2D eigenvalue weighted by atomic mass is 19.1. The molecule has 112 valence electrons. The van der Waals surface area contributed by atoms with Crippen LogP contribution in [0, 0.1) is 23.7 Å². The van der Waals surface area contributed by atoms with Gasteiger partial charge in [0.1, 0.15) is 11.5 Å². The van der Waals surface area contributed by atoms with Gasteiger partial charge in [-0.2, -0.15) is 0 Å². The zero-order chi connectivity index (χ0) is 16.1. The zero-order valence-corrected chi connectivity index (χ0v) is 11.9. The third-order valence-corrected chi connectivity index (χ3v) is 2.94. The maximum absolute atomic E-state index is 12.8. The van der Waals surface area contributed by atoms with Gasteiger partial charge in [0, 0.05) is 17.8 Å². The number of aromatic nitrogens is 1. The molecule has 0 atom stereocenters. The van der Waals surface area contributed by atoms with Gasteiger partial charge < -0.3 is 5.32 Å². The lowest BCUT2D eigenvalue weighted by molar-refractivity contribution is 0.0945. The van der Waals surface area contributed by atoms with Gasteiger partial charge in [0.15, 0.2) is 5.84 Å². The van der Waals surface area contributed by atoms with Gasteiger partial charge in [-0.15, -0.1) is 5.11 Å². The van der Waals surface area contributed by atoms with Gasteiger partial charge in [0.05, 0.1) is 0 Å². The van der Waals surface area contributed by atoms with E-state index in [1.807, 2.05) is 0 Å². The van der Waals surface area contributed by atoms with Gasteiger partial charge in [0.25, 0.3) is 5.91 Å². The van der Waals surface area contributed by atoms with Crippen LogP contribution in [-0.4, -0.2) is 16.7 Å². The molecule has 0 radical (unpaired) electrons. The van der Waals surface area contributed by atoms with Crippen molar-refractivity contribution in [3.05, 3.63) is 64.7 Å². The van der Waals surface area contributed by atoms with E-state index in [0.717, 1.165) is 5.56 Å². The molecule has 1 amide bonds. The van der Waals surface area contributed by atoms with Gasteiger partial charge in [0.2, 0.25) is 0 Å². The molecule has 1 heterocycles. The SMILES string of the molecule is Cc1cc(C(=N)N=N)cc(C(=O)NCc2ccc(F)cc2)n1. The van der Waals surface area contributed by atoms with Crippen LogP contribution in [0.15, 0.2) is 41.5 Å². The van der Waals surface area contributed by atoms with Gasteiger partial charge in [-0.25, -0.2) is 14.9 Å². The number of nitrogens with one attached hydrogen (secondary N) is 3. The number of halogens is 1. The smallest absolute Gasteiger partial charge is 0.270 e. The largest absolute Gasteiger partial charge is 0.347 e. The van der Waals surface area contributed by atoms with Crippen molar-refractivity contribution in [2.45, 2.75) is 13.5 Å². The van der Waals surface area contributed by atoms with Gasteiger partial charge in [-0.1, -0.05) is 12.1 Å². The van der Waals surface area contributed by atoms with Crippen LogP contribution in [0.1, 0.15) is 27.3 Å². The van der Waals surface area contributed by atoms with E-state index in [1.54, 1.807) is 25.1 Å². The summed E-state index contributed by atoms with van der Waals surface area (Å²) < 4.78 is 12.8. The van der Waals surface area contributed by atoms with E-state index in [-0.39, 0.29) is 23.9 Å². The lowest BCUT2D eigenvalue weighted by Crippen LogP contribution is -2.24. The molecule has 0 aliphatic carbocycles. The van der Waals surface area contributed by atoms with Crippen molar-refractivity contribution in [2.24, 2.45) is 5.11 Å². The molecule has 2 aromatic rings. The molecule has 0 aliphatic heterocycles. The van der Waals surface area contributed by atoms with Crippen molar-refractivity contribution in [2.75, 3.05) is 0 Å². The number of amidine groups is 1. The Kier molecular flexibility index (Phi) is 4.67. The van der Waals surface area contributed by atoms with Crippen LogP contribution in [0.4, 0.5) is 4.39 Å². The van der Waals surface area contributed by atoms with Gasteiger partial charge in [-0.05, 0) is 36.8 Å². The summed E-state index contributed by atoms with van der Waals surface area (Å²) >= 11 is 0. The molecule has 0 aliphatic rings. The van der Waals surface area contributed by atoms with Crippen LogP contribution in [0.25, 0.3) is 0 Å². The van der Waals surface area contributed by atoms with Crippen LogP contribution < -0.4 is 5.32 Å². The Morgan fingerprint density at radius 3 is 2.64 bits per heavy atom. The molecular weight excluding hydrogens is 285 g/mol. The van der Waals surface area contributed by atoms with E-state index in [4.69, 9.17) is 10.9 Å². The van der Waals surface area contributed by atoms with Crippen molar-refractivity contribution < 1.29 is 9.18 Å². The normalized spacial score (nSPS) is 10.1. The lowest BCUT2D eigenvalue weighted by atomic mass is 10.1. The fourth-order valence-electron chi connectivity index (χ4n) is 1.86. The fraction of sp³-hybridized carbons (Fsp3) is 0.133. The van der Waals surface area contributed by atoms with E-state index in [0.29, 0.717) is 11.3 Å². The van der Waals surface area contributed by atoms with Gasteiger partial charge >= 0.3 is 0 Å². The molecule has 0 unspecified atom stereocenters. The molecule has 1 aromatic carbocycles. The molecule has 22 heavy (non-hydrogen) atoms. The Hall–Kier alpha value is -2.96. The Bertz CT molecular complexity index is 727. The van der Waals surface area contributed by atoms with Crippen molar-refractivity contribution in [1.82, 2.24) is 10.3 Å². The second kappa shape index (κ2) is 6.66. The van der Waals surface area contributed by atoms with Crippen LogP contribution in [0.5, 0.6) is 0 Å². The summed E-state index contributed by atoms with van der Waals surface area (Å²) in [5.41, 5.74) is 8.67. The molecule has 0 fully saturated rings. The summed E-state index contributed by atoms with van der Waals surface area (Å²) in [5.74, 6) is -0.983. The monoisotopic (exact) mass is 299 g/mol. The molecular formula is C15H14FN5O. The van der Waals surface area contributed by atoms with Crippen LogP contribution >= 0.6 is 0 Å². The molecule has 7 heteroatoms. The summed E-state index contributed by atoms with van der Waals surface area (Å²) in [7, 11) is 0. The Morgan fingerprint density at radius 2 is 2.00 bits per heavy atom. The number of pyridine rings is 1. The minimum absolute atomic E-state index is 0.144. The van der Waals surface area contributed by atoms with Crippen LogP contribution in [-0.2, 0) is 6.54 Å². The number of nitrogens with zero attached hydrogens (tertiary/aromatic N) is 2. The first-order chi connectivity index (χ1) is 10.5. The second-order valence-electron chi connectivity index (χ2n) is 4.65. The van der Waals surface area contributed by atoms with E-state index in [9.17, 15) is 9.18 Å². The molecule has 0 bridgehead atoms. The highest BCUT2D eigenvalue weighted by molar-refractivity contribution is 6.00. The molecule has 1 aromatic heterocycles. The molecule has 3 N–H and O–H groups in total. The van der Waals surface area contributed by atoms with Crippen LogP contribution in [0.3, 0.4) is 0 Å². The Morgan fingerprint density at radius 1 is 1.32 bits per heavy atom. The summed E-state index contributed by atoms with van der Waals surface area (Å²) in [5, 5.41) is 13.2. The first-order valence-electron chi connectivity index (χ1n) is 6.47. The summed E-state index contributed by atoms with van der Waals surface area (Å²) in [6.45, 7) is 1.93. The zero-order valence-electron chi connectivity index (χ0n) is 11.9. The topological polar surface area (TPSA) is 102 Å². The fourth-order valence-corrected chi connectivity index (χ4v) is 1.86. The maximum Gasteiger partial charge on any atom is 0.270 e. The van der Waals surface area contributed by atoms with Crippen molar-refractivity contribution in [3.63, 3.8) is 0 Å². The minimum atomic E-state index is -0.410. The number of benzene rings is 1. The van der Waals surface area contributed by atoms with Gasteiger partial charge in [-0.3, -0.25) is 10.2 Å². The first kappa shape index (κ1) is 15.4. The summed E-state index contributed by atoms with van der Waals surface area (Å²) in [6.07, 6.45) is 0. The number of amides is 1. The molecule has 0 saturated carbocycles.